The minimum atomic E-state index is -4.50. The van der Waals surface area contributed by atoms with E-state index in [9.17, 15) is 18.0 Å². The molecule has 4 nitrogen and oxygen atoms in total. The predicted molar refractivity (Wildman–Crippen MR) is 98.8 cm³/mol. The van der Waals surface area contributed by atoms with Gasteiger partial charge in [-0.05, 0) is 18.2 Å². The molecule has 0 radical (unpaired) electrons. The standard InChI is InChI=1S/C17H13Cl3F3N3O/c18-12-3-1-2-11(14(12)20)16(27)26-6-4-25(5-7-26)15-13(19)8-10(9-24-15)17(21,22)23/h1-3,8-9H,4-7H2. The maximum absolute atomic E-state index is 12.7. The van der Waals surface area contributed by atoms with Crippen molar-refractivity contribution in [2.75, 3.05) is 31.1 Å². The topological polar surface area (TPSA) is 36.4 Å². The highest BCUT2D eigenvalue weighted by molar-refractivity contribution is 6.43. The van der Waals surface area contributed by atoms with Crippen LogP contribution in [0.4, 0.5) is 19.0 Å². The van der Waals surface area contributed by atoms with Crippen molar-refractivity contribution in [2.24, 2.45) is 0 Å². The third-order valence-electron chi connectivity index (χ3n) is 4.20. The first kappa shape index (κ1) is 20.0. The Balaban J connectivity index is 1.70. The summed E-state index contributed by atoms with van der Waals surface area (Å²) < 4.78 is 38.2. The van der Waals surface area contributed by atoms with Crippen molar-refractivity contribution in [2.45, 2.75) is 6.18 Å². The molecule has 144 valence electrons. The van der Waals surface area contributed by atoms with Crippen LogP contribution in [0, 0.1) is 0 Å². The fraction of sp³-hybridized carbons (Fsp3) is 0.294. The number of hydrogen-bond donors (Lipinski definition) is 0. The molecule has 2 heterocycles. The number of carbonyl (C=O) groups is 1. The molecule has 0 unspecified atom stereocenters. The molecule has 0 aliphatic carbocycles. The number of aromatic nitrogens is 1. The maximum atomic E-state index is 12.7. The quantitative estimate of drug-likeness (QED) is 0.660. The average molecular weight is 439 g/mol. The molecule has 0 saturated carbocycles. The highest BCUT2D eigenvalue weighted by Gasteiger charge is 2.32. The summed E-state index contributed by atoms with van der Waals surface area (Å²) in [7, 11) is 0. The van der Waals surface area contributed by atoms with E-state index in [1.54, 1.807) is 28.0 Å². The Morgan fingerprint density at radius 2 is 1.70 bits per heavy atom. The summed E-state index contributed by atoms with van der Waals surface area (Å²) >= 11 is 18.0. The largest absolute Gasteiger partial charge is 0.417 e. The SMILES string of the molecule is O=C(c1cccc(Cl)c1Cl)N1CCN(c2ncc(C(F)(F)F)cc2Cl)CC1. The molecule has 3 rings (SSSR count). The lowest BCUT2D eigenvalue weighted by atomic mass is 10.1. The molecule has 1 aliphatic rings. The Morgan fingerprint density at radius 1 is 1.04 bits per heavy atom. The van der Waals surface area contributed by atoms with Crippen molar-refractivity contribution in [1.82, 2.24) is 9.88 Å². The Labute approximate surface area is 168 Å². The van der Waals surface area contributed by atoms with Gasteiger partial charge in [-0.2, -0.15) is 13.2 Å². The van der Waals surface area contributed by atoms with Gasteiger partial charge in [-0.15, -0.1) is 0 Å². The monoisotopic (exact) mass is 437 g/mol. The lowest BCUT2D eigenvalue weighted by molar-refractivity contribution is -0.137. The minimum absolute atomic E-state index is 0.0810. The van der Waals surface area contributed by atoms with E-state index >= 15 is 0 Å². The third kappa shape index (κ3) is 4.25. The zero-order chi connectivity index (χ0) is 19.8. The smallest absolute Gasteiger partial charge is 0.352 e. The van der Waals surface area contributed by atoms with E-state index in [4.69, 9.17) is 34.8 Å². The number of hydrogen-bond acceptors (Lipinski definition) is 3. The zero-order valence-corrected chi connectivity index (χ0v) is 16.0. The van der Waals surface area contributed by atoms with Gasteiger partial charge >= 0.3 is 6.18 Å². The Morgan fingerprint density at radius 3 is 2.30 bits per heavy atom. The fourth-order valence-electron chi connectivity index (χ4n) is 2.78. The van der Waals surface area contributed by atoms with E-state index in [-0.39, 0.29) is 21.8 Å². The normalized spacial score (nSPS) is 15.2. The summed E-state index contributed by atoms with van der Waals surface area (Å²) in [5, 5.41) is 0.406. The number of carbonyl (C=O) groups excluding carboxylic acids is 1. The summed E-state index contributed by atoms with van der Waals surface area (Å²) in [4.78, 5) is 19.8. The van der Waals surface area contributed by atoms with Gasteiger partial charge in [0.05, 0.1) is 26.2 Å². The van der Waals surface area contributed by atoms with Crippen molar-refractivity contribution in [3.05, 3.63) is 56.7 Å². The molecular weight excluding hydrogens is 426 g/mol. The number of halogens is 6. The maximum Gasteiger partial charge on any atom is 0.417 e. The molecule has 0 bridgehead atoms. The molecule has 1 aromatic heterocycles. The number of anilines is 1. The predicted octanol–water partition coefficient (Wildman–Crippen LogP) is 5.02. The Kier molecular flexibility index (Phi) is 5.74. The molecule has 0 atom stereocenters. The van der Waals surface area contributed by atoms with Gasteiger partial charge in [0.1, 0.15) is 5.82 Å². The molecule has 1 aliphatic heterocycles. The second-order valence-corrected chi connectivity index (χ2v) is 7.10. The molecule has 1 amide bonds. The summed E-state index contributed by atoms with van der Waals surface area (Å²) in [5.41, 5.74) is -0.594. The number of piperazine rings is 1. The van der Waals surface area contributed by atoms with Crippen LogP contribution in [-0.2, 0) is 6.18 Å². The van der Waals surface area contributed by atoms with Crippen LogP contribution in [-0.4, -0.2) is 42.0 Å². The number of rotatable bonds is 2. The molecule has 1 fully saturated rings. The average Bonchev–Trinajstić information content (AvgIpc) is 2.63. The lowest BCUT2D eigenvalue weighted by Crippen LogP contribution is -2.49. The fourth-order valence-corrected chi connectivity index (χ4v) is 3.45. The second-order valence-electron chi connectivity index (χ2n) is 5.91. The van der Waals surface area contributed by atoms with Gasteiger partial charge in [-0.3, -0.25) is 4.79 Å². The van der Waals surface area contributed by atoms with Gasteiger partial charge in [0.25, 0.3) is 5.91 Å². The van der Waals surface area contributed by atoms with E-state index in [0.29, 0.717) is 36.8 Å². The van der Waals surface area contributed by atoms with E-state index in [2.05, 4.69) is 4.98 Å². The highest BCUT2D eigenvalue weighted by atomic mass is 35.5. The van der Waals surface area contributed by atoms with Gasteiger partial charge in [0, 0.05) is 32.4 Å². The van der Waals surface area contributed by atoms with Crippen molar-refractivity contribution < 1.29 is 18.0 Å². The van der Waals surface area contributed by atoms with Crippen LogP contribution in [0.1, 0.15) is 15.9 Å². The number of benzene rings is 1. The lowest BCUT2D eigenvalue weighted by Gasteiger charge is -2.36. The van der Waals surface area contributed by atoms with Gasteiger partial charge in [0.2, 0.25) is 0 Å². The first-order valence-corrected chi connectivity index (χ1v) is 9.03. The zero-order valence-electron chi connectivity index (χ0n) is 13.7. The van der Waals surface area contributed by atoms with Crippen LogP contribution in [0.2, 0.25) is 15.1 Å². The second kappa shape index (κ2) is 7.73. The van der Waals surface area contributed by atoms with Gasteiger partial charge in [-0.25, -0.2) is 4.98 Å². The molecule has 1 saturated heterocycles. The number of amides is 1. The van der Waals surface area contributed by atoms with Crippen LogP contribution in [0.5, 0.6) is 0 Å². The highest BCUT2D eigenvalue weighted by Crippen LogP contribution is 2.34. The van der Waals surface area contributed by atoms with Crippen LogP contribution >= 0.6 is 34.8 Å². The van der Waals surface area contributed by atoms with E-state index < -0.39 is 11.7 Å². The molecular formula is C17H13Cl3F3N3O. The summed E-state index contributed by atoms with van der Waals surface area (Å²) in [6, 6.07) is 5.69. The number of pyridine rings is 1. The van der Waals surface area contributed by atoms with Gasteiger partial charge in [0.15, 0.2) is 0 Å². The van der Waals surface area contributed by atoms with Crippen molar-refractivity contribution in [1.29, 1.82) is 0 Å². The van der Waals surface area contributed by atoms with Gasteiger partial charge in [-0.1, -0.05) is 40.9 Å². The van der Waals surface area contributed by atoms with Crippen molar-refractivity contribution in [3.63, 3.8) is 0 Å². The summed E-state index contributed by atoms with van der Waals surface area (Å²) in [6.45, 7) is 1.45. The molecule has 1 aromatic carbocycles. The van der Waals surface area contributed by atoms with Gasteiger partial charge < -0.3 is 9.80 Å². The first-order chi connectivity index (χ1) is 12.7. The summed E-state index contributed by atoms with van der Waals surface area (Å²) in [5.74, 6) is 0.00572. The van der Waals surface area contributed by atoms with Crippen molar-refractivity contribution in [3.8, 4) is 0 Å². The molecule has 0 spiro atoms. The van der Waals surface area contributed by atoms with Crippen LogP contribution in [0.15, 0.2) is 30.5 Å². The van der Waals surface area contributed by atoms with Crippen LogP contribution in [0.3, 0.4) is 0 Å². The molecule has 2 aromatic rings. The van der Waals surface area contributed by atoms with Crippen LogP contribution in [0.25, 0.3) is 0 Å². The first-order valence-electron chi connectivity index (χ1n) is 7.89. The van der Waals surface area contributed by atoms with E-state index in [0.717, 1.165) is 12.3 Å². The molecule has 0 N–H and O–H groups in total. The number of nitrogens with zero attached hydrogens (tertiary/aromatic N) is 3. The molecule has 10 heteroatoms. The van der Waals surface area contributed by atoms with E-state index in [1.165, 1.54) is 0 Å². The minimum Gasteiger partial charge on any atom is -0.352 e. The molecule has 27 heavy (non-hydrogen) atoms. The van der Waals surface area contributed by atoms with E-state index in [1.807, 2.05) is 0 Å². The van der Waals surface area contributed by atoms with Crippen molar-refractivity contribution >= 4 is 46.5 Å². The summed E-state index contributed by atoms with van der Waals surface area (Å²) in [6.07, 6.45) is -3.75. The van der Waals surface area contributed by atoms with Crippen LogP contribution < -0.4 is 4.90 Å². The Hall–Kier alpha value is -1.70. The third-order valence-corrected chi connectivity index (χ3v) is 5.29. The number of alkyl halides is 3. The Bertz CT molecular complexity index is 868.